The van der Waals surface area contributed by atoms with Crippen molar-refractivity contribution >= 4 is 0 Å². The summed E-state index contributed by atoms with van der Waals surface area (Å²) in [6.45, 7) is 1.62. The lowest BCUT2D eigenvalue weighted by Crippen LogP contribution is -2.36. The van der Waals surface area contributed by atoms with Crippen molar-refractivity contribution < 1.29 is 37.5 Å². The van der Waals surface area contributed by atoms with E-state index in [2.05, 4.69) is 0 Å². The van der Waals surface area contributed by atoms with Crippen LogP contribution in [0.5, 0.6) is 11.5 Å². The molecule has 2 aliphatic heterocycles. The Morgan fingerprint density at radius 1 is 0.800 bits per heavy atom. The number of ether oxygens (including phenoxy) is 7. The van der Waals surface area contributed by atoms with E-state index in [0.29, 0.717) is 13.2 Å². The van der Waals surface area contributed by atoms with Crippen molar-refractivity contribution in [3.63, 3.8) is 0 Å². The first kappa shape index (κ1) is 25.9. The van der Waals surface area contributed by atoms with E-state index < -0.39 is 24.5 Å². The van der Waals surface area contributed by atoms with Crippen LogP contribution >= 0.6 is 0 Å². The molecule has 2 aromatic rings. The maximum atomic E-state index is 15.5. The molecule has 7 nitrogen and oxygen atoms in total. The molecular formula is C27H35FO7. The van der Waals surface area contributed by atoms with E-state index in [1.807, 2.05) is 48.5 Å². The summed E-state index contributed by atoms with van der Waals surface area (Å²) in [7, 11) is 3.25. The highest BCUT2D eigenvalue weighted by Gasteiger charge is 2.46. The van der Waals surface area contributed by atoms with Crippen LogP contribution in [-0.4, -0.2) is 64.8 Å². The van der Waals surface area contributed by atoms with Gasteiger partial charge in [0, 0.05) is 6.61 Å². The molecule has 2 aliphatic rings. The summed E-state index contributed by atoms with van der Waals surface area (Å²) in [5.41, 5.74) is 1.91. The second kappa shape index (κ2) is 13.2. The molecular weight excluding hydrogens is 455 g/mol. The Morgan fingerprint density at radius 3 is 2.06 bits per heavy atom. The highest BCUT2D eigenvalue weighted by molar-refractivity contribution is 5.27. The van der Waals surface area contributed by atoms with E-state index in [-0.39, 0.29) is 26.1 Å². The van der Waals surface area contributed by atoms with Crippen LogP contribution in [0.3, 0.4) is 0 Å². The van der Waals surface area contributed by atoms with E-state index in [4.69, 9.17) is 33.2 Å². The lowest BCUT2D eigenvalue weighted by atomic mass is 10.1. The molecule has 0 N–H and O–H groups in total. The van der Waals surface area contributed by atoms with Crippen molar-refractivity contribution in [2.75, 3.05) is 34.0 Å². The fourth-order valence-corrected chi connectivity index (χ4v) is 4.23. The van der Waals surface area contributed by atoms with Gasteiger partial charge in [0.15, 0.2) is 12.5 Å². The molecule has 2 fully saturated rings. The Hall–Kier alpha value is -2.23. The summed E-state index contributed by atoms with van der Waals surface area (Å²) in [4.78, 5) is 0. The summed E-state index contributed by atoms with van der Waals surface area (Å²) in [5.74, 6) is 1.54. The van der Waals surface area contributed by atoms with Crippen LogP contribution in [0, 0.1) is 0 Å². The molecule has 0 aliphatic carbocycles. The average Bonchev–Trinajstić information content (AvgIpc) is 3.21. The minimum Gasteiger partial charge on any atom is -0.497 e. The number of benzene rings is 2. The van der Waals surface area contributed by atoms with Crippen molar-refractivity contribution in [1.82, 2.24) is 0 Å². The Kier molecular flexibility index (Phi) is 9.74. The van der Waals surface area contributed by atoms with Gasteiger partial charge in [-0.15, -0.1) is 0 Å². The van der Waals surface area contributed by atoms with Gasteiger partial charge in [0.25, 0.3) is 0 Å². The van der Waals surface area contributed by atoms with Gasteiger partial charge >= 0.3 is 0 Å². The van der Waals surface area contributed by atoms with Crippen molar-refractivity contribution in [1.29, 1.82) is 0 Å². The van der Waals surface area contributed by atoms with Gasteiger partial charge < -0.3 is 33.2 Å². The standard InChI is InChI=1S/C27H35FO7/c1-29-21-10-6-19(7-11-21)15-31-17-24-27(34-16-20-8-12-22(30-2)13-9-20)26(28)23(35-24)18-33-25-5-3-4-14-32-25/h6-13,23-27H,3-5,14-18H2,1-2H3/t23?,24-,25?,26-,27-/m1/s1. The SMILES string of the molecule is COc1ccc(COC[C@H]2OC(COC3CCCCO3)[C@@H](F)[C@@H]2OCc2ccc(OC)cc2)cc1. The zero-order valence-corrected chi connectivity index (χ0v) is 20.4. The monoisotopic (exact) mass is 490 g/mol. The molecule has 8 heteroatoms. The second-order valence-electron chi connectivity index (χ2n) is 8.77. The van der Waals surface area contributed by atoms with E-state index in [0.717, 1.165) is 41.9 Å². The summed E-state index contributed by atoms with van der Waals surface area (Å²) in [6, 6.07) is 15.1. The summed E-state index contributed by atoms with van der Waals surface area (Å²) < 4.78 is 55.2. The molecule has 0 radical (unpaired) electrons. The third kappa shape index (κ3) is 7.38. The smallest absolute Gasteiger partial charge is 0.157 e. The Balaban J connectivity index is 1.33. The van der Waals surface area contributed by atoms with Crippen molar-refractivity contribution in [2.24, 2.45) is 0 Å². The first-order valence-corrected chi connectivity index (χ1v) is 12.1. The summed E-state index contributed by atoms with van der Waals surface area (Å²) in [5, 5.41) is 0. The topological polar surface area (TPSA) is 64.6 Å². The zero-order chi connectivity index (χ0) is 24.5. The summed E-state index contributed by atoms with van der Waals surface area (Å²) >= 11 is 0. The van der Waals surface area contributed by atoms with E-state index in [9.17, 15) is 0 Å². The van der Waals surface area contributed by atoms with Crippen LogP contribution < -0.4 is 9.47 Å². The number of hydrogen-bond acceptors (Lipinski definition) is 7. The van der Waals surface area contributed by atoms with Gasteiger partial charge in [-0.25, -0.2) is 4.39 Å². The lowest BCUT2D eigenvalue weighted by molar-refractivity contribution is -0.182. The molecule has 2 aromatic carbocycles. The Labute approximate surface area is 206 Å². The van der Waals surface area contributed by atoms with E-state index in [1.165, 1.54) is 0 Å². The molecule has 5 atom stereocenters. The number of hydrogen-bond donors (Lipinski definition) is 0. The van der Waals surface area contributed by atoms with Crippen LogP contribution in [0.1, 0.15) is 30.4 Å². The molecule has 0 spiro atoms. The van der Waals surface area contributed by atoms with Crippen LogP contribution in [-0.2, 0) is 36.9 Å². The normalized spacial score (nSPS) is 26.5. The predicted molar refractivity (Wildman–Crippen MR) is 127 cm³/mol. The predicted octanol–water partition coefficient (Wildman–Crippen LogP) is 4.45. The number of alkyl halides is 1. The molecule has 0 saturated carbocycles. The largest absolute Gasteiger partial charge is 0.497 e. The second-order valence-corrected chi connectivity index (χ2v) is 8.77. The highest BCUT2D eigenvalue weighted by atomic mass is 19.1. The van der Waals surface area contributed by atoms with Crippen LogP contribution in [0.2, 0.25) is 0 Å². The third-order valence-electron chi connectivity index (χ3n) is 6.28. The van der Waals surface area contributed by atoms with Crippen molar-refractivity contribution in [3.8, 4) is 11.5 Å². The summed E-state index contributed by atoms with van der Waals surface area (Å²) in [6.07, 6.45) is -0.817. The van der Waals surface area contributed by atoms with E-state index >= 15 is 4.39 Å². The number of rotatable bonds is 12. The zero-order valence-electron chi connectivity index (χ0n) is 20.4. The number of methoxy groups -OCH3 is 2. The maximum Gasteiger partial charge on any atom is 0.157 e. The average molecular weight is 491 g/mol. The van der Waals surface area contributed by atoms with Crippen molar-refractivity contribution in [3.05, 3.63) is 59.7 Å². The van der Waals surface area contributed by atoms with Crippen molar-refractivity contribution in [2.45, 2.75) is 63.2 Å². The molecule has 2 saturated heterocycles. The molecule has 192 valence electrons. The molecule has 2 heterocycles. The fraction of sp³-hybridized carbons (Fsp3) is 0.556. The Morgan fingerprint density at radius 2 is 1.46 bits per heavy atom. The van der Waals surface area contributed by atoms with Gasteiger partial charge in [-0.3, -0.25) is 0 Å². The fourth-order valence-electron chi connectivity index (χ4n) is 4.23. The molecule has 0 aromatic heterocycles. The first-order chi connectivity index (χ1) is 17.2. The third-order valence-corrected chi connectivity index (χ3v) is 6.28. The molecule has 2 unspecified atom stereocenters. The van der Waals surface area contributed by atoms with Crippen LogP contribution in [0.15, 0.2) is 48.5 Å². The minimum atomic E-state index is -1.34. The maximum absolute atomic E-state index is 15.5. The van der Waals surface area contributed by atoms with Crippen LogP contribution in [0.25, 0.3) is 0 Å². The Bertz CT molecular complexity index is 870. The number of halogens is 1. The van der Waals surface area contributed by atoms with Crippen LogP contribution in [0.4, 0.5) is 4.39 Å². The van der Waals surface area contributed by atoms with Gasteiger partial charge in [-0.05, 0) is 54.7 Å². The molecule has 0 bridgehead atoms. The minimum absolute atomic E-state index is 0.114. The molecule has 4 rings (SSSR count). The molecule has 0 amide bonds. The van der Waals surface area contributed by atoms with Gasteiger partial charge in [0.2, 0.25) is 0 Å². The van der Waals surface area contributed by atoms with Gasteiger partial charge in [-0.1, -0.05) is 24.3 Å². The molecule has 35 heavy (non-hydrogen) atoms. The van der Waals surface area contributed by atoms with Gasteiger partial charge in [0.1, 0.15) is 29.8 Å². The quantitative estimate of drug-likeness (QED) is 0.435. The van der Waals surface area contributed by atoms with Gasteiger partial charge in [-0.2, -0.15) is 0 Å². The van der Waals surface area contributed by atoms with Gasteiger partial charge in [0.05, 0.1) is 40.6 Å². The lowest BCUT2D eigenvalue weighted by Gasteiger charge is -2.24. The van der Waals surface area contributed by atoms with E-state index in [1.54, 1.807) is 14.2 Å². The first-order valence-electron chi connectivity index (χ1n) is 12.1. The highest BCUT2D eigenvalue weighted by Crippen LogP contribution is 2.29.